The number of esters is 1. The summed E-state index contributed by atoms with van der Waals surface area (Å²) in [5.41, 5.74) is 9.40. The Kier molecular flexibility index (Phi) is 7.29. The number of hydrogen-bond donors (Lipinski definition) is 3. The maximum absolute atomic E-state index is 12.4. The van der Waals surface area contributed by atoms with E-state index in [9.17, 15) is 9.59 Å². The molecule has 0 aliphatic heterocycles. The number of nitrogens with two attached hydrogens (primary N) is 1. The van der Waals surface area contributed by atoms with E-state index >= 15 is 0 Å². The highest BCUT2D eigenvalue weighted by molar-refractivity contribution is 5.92. The third-order valence-electron chi connectivity index (χ3n) is 4.66. The lowest BCUT2D eigenvalue weighted by Crippen LogP contribution is -2.44. The molecule has 4 N–H and O–H groups in total. The quantitative estimate of drug-likeness (QED) is 0.467. The molecule has 2 atom stereocenters. The van der Waals surface area contributed by atoms with E-state index in [-0.39, 0.29) is 30.7 Å². The molecule has 0 fully saturated rings. The van der Waals surface area contributed by atoms with Crippen molar-refractivity contribution in [3.8, 4) is 11.1 Å². The van der Waals surface area contributed by atoms with Crippen molar-refractivity contribution in [1.29, 1.82) is 0 Å². The van der Waals surface area contributed by atoms with Gasteiger partial charge in [-0.15, -0.1) is 5.10 Å². The number of aromatic amines is 1. The Bertz CT molecular complexity index is 943. The second kappa shape index (κ2) is 10.3. The predicted octanol–water partition coefficient (Wildman–Crippen LogP) is 2.09. The fraction of sp³-hybridized carbons (Fsp3) is 0.273. The first kappa shape index (κ1) is 21.2. The zero-order chi connectivity index (χ0) is 21.3. The van der Waals surface area contributed by atoms with Gasteiger partial charge in [0.15, 0.2) is 5.69 Å². The number of aromatic nitrogens is 3. The van der Waals surface area contributed by atoms with Gasteiger partial charge in [0.25, 0.3) is 5.91 Å². The highest BCUT2D eigenvalue weighted by Gasteiger charge is 2.23. The highest BCUT2D eigenvalue weighted by Crippen LogP contribution is 2.20. The lowest BCUT2D eigenvalue weighted by molar-refractivity contribution is -0.145. The minimum absolute atomic E-state index is 0.170. The van der Waals surface area contributed by atoms with Crippen LogP contribution >= 0.6 is 0 Å². The number of amides is 1. The van der Waals surface area contributed by atoms with E-state index < -0.39 is 12.0 Å². The van der Waals surface area contributed by atoms with E-state index in [0.717, 1.165) is 16.7 Å². The van der Waals surface area contributed by atoms with Gasteiger partial charge in [-0.25, -0.2) is 0 Å². The molecule has 0 bridgehead atoms. The molecule has 8 heteroatoms. The number of hydrogen-bond acceptors (Lipinski definition) is 6. The second-order valence-corrected chi connectivity index (χ2v) is 6.89. The lowest BCUT2D eigenvalue weighted by Gasteiger charge is -2.21. The monoisotopic (exact) mass is 407 g/mol. The maximum atomic E-state index is 12.4. The molecule has 3 rings (SSSR count). The summed E-state index contributed by atoms with van der Waals surface area (Å²) in [5, 5.41) is 12.7. The number of carbonyl (C=O) groups excluding carboxylic acids is 2. The fourth-order valence-corrected chi connectivity index (χ4v) is 3.17. The summed E-state index contributed by atoms with van der Waals surface area (Å²) in [6.07, 6.45) is 2.15. The van der Waals surface area contributed by atoms with Crippen LogP contribution in [0, 0.1) is 0 Å². The van der Waals surface area contributed by atoms with Crippen LogP contribution < -0.4 is 11.1 Å². The van der Waals surface area contributed by atoms with Crippen LogP contribution in [0.25, 0.3) is 11.1 Å². The molecule has 3 aromatic rings. The van der Waals surface area contributed by atoms with E-state index in [1.165, 1.54) is 6.20 Å². The summed E-state index contributed by atoms with van der Waals surface area (Å²) >= 11 is 0. The molecule has 0 aliphatic rings. The van der Waals surface area contributed by atoms with Crippen LogP contribution in [0.5, 0.6) is 0 Å². The third-order valence-corrected chi connectivity index (χ3v) is 4.66. The Morgan fingerprint density at radius 2 is 1.80 bits per heavy atom. The lowest BCUT2D eigenvalue weighted by atomic mass is 9.97. The van der Waals surface area contributed by atoms with Gasteiger partial charge < -0.3 is 15.8 Å². The van der Waals surface area contributed by atoms with Crippen molar-refractivity contribution >= 4 is 11.9 Å². The molecular weight excluding hydrogens is 382 g/mol. The molecule has 1 aromatic heterocycles. The van der Waals surface area contributed by atoms with E-state index in [2.05, 4.69) is 20.7 Å². The van der Waals surface area contributed by atoms with Gasteiger partial charge in [0, 0.05) is 6.04 Å². The second-order valence-electron chi connectivity index (χ2n) is 6.89. The Balaban J connectivity index is 1.72. The van der Waals surface area contributed by atoms with Crippen molar-refractivity contribution in [2.24, 2.45) is 5.73 Å². The zero-order valence-corrected chi connectivity index (χ0v) is 16.7. The van der Waals surface area contributed by atoms with Crippen molar-refractivity contribution in [2.75, 3.05) is 6.61 Å². The molecule has 0 saturated heterocycles. The van der Waals surface area contributed by atoms with E-state index in [4.69, 9.17) is 10.5 Å². The number of nitrogens with one attached hydrogen (secondary N) is 2. The molecule has 156 valence electrons. The van der Waals surface area contributed by atoms with Crippen molar-refractivity contribution in [3.05, 3.63) is 72.1 Å². The van der Waals surface area contributed by atoms with Crippen LogP contribution in [0.15, 0.2) is 60.8 Å². The van der Waals surface area contributed by atoms with Crippen molar-refractivity contribution in [2.45, 2.75) is 31.8 Å². The first-order valence-corrected chi connectivity index (χ1v) is 9.80. The summed E-state index contributed by atoms with van der Waals surface area (Å²) in [7, 11) is 0. The minimum atomic E-state index is -0.837. The SMILES string of the molecule is CCOC(=O)[C@H](N)C[C@@H](Cc1ccc(-c2ccccc2)cc1)NC(=O)c1c[nH]nn1. The number of rotatable bonds is 9. The Hall–Kier alpha value is -3.52. The van der Waals surface area contributed by atoms with Crippen molar-refractivity contribution in [1.82, 2.24) is 20.7 Å². The topological polar surface area (TPSA) is 123 Å². The van der Waals surface area contributed by atoms with Crippen LogP contribution in [0.3, 0.4) is 0 Å². The van der Waals surface area contributed by atoms with Gasteiger partial charge in [0.05, 0.1) is 12.8 Å². The summed E-state index contributed by atoms with van der Waals surface area (Å²) in [6, 6.07) is 16.9. The molecular formula is C22H25N5O3. The first-order chi connectivity index (χ1) is 14.6. The standard InChI is InChI=1S/C22H25N5O3/c1-2-30-22(29)19(23)13-18(25-21(28)20-14-24-27-26-20)12-15-8-10-17(11-9-15)16-6-4-3-5-7-16/h3-11,14,18-19H,2,12-13,23H2,1H3,(H,25,28)(H,24,26,27)/t18-,19-/m1/s1. The van der Waals surface area contributed by atoms with Gasteiger partial charge in [-0.2, -0.15) is 0 Å². The first-order valence-electron chi connectivity index (χ1n) is 9.80. The van der Waals surface area contributed by atoms with Crippen LogP contribution in [-0.4, -0.2) is 46.0 Å². The predicted molar refractivity (Wildman–Crippen MR) is 112 cm³/mol. The Labute approximate surface area is 174 Å². The fourth-order valence-electron chi connectivity index (χ4n) is 3.17. The molecule has 8 nitrogen and oxygen atoms in total. The van der Waals surface area contributed by atoms with Crippen LogP contribution in [0.4, 0.5) is 0 Å². The van der Waals surface area contributed by atoms with Gasteiger partial charge in [-0.05, 0) is 36.5 Å². The van der Waals surface area contributed by atoms with Crippen LogP contribution in [0.2, 0.25) is 0 Å². The number of ether oxygens (including phenoxy) is 1. The normalized spacial score (nSPS) is 12.7. The van der Waals surface area contributed by atoms with E-state index in [1.807, 2.05) is 54.6 Å². The molecule has 0 spiro atoms. The average molecular weight is 407 g/mol. The molecule has 0 unspecified atom stereocenters. The zero-order valence-electron chi connectivity index (χ0n) is 16.7. The molecule has 0 aliphatic carbocycles. The van der Waals surface area contributed by atoms with Crippen molar-refractivity contribution in [3.63, 3.8) is 0 Å². The van der Waals surface area contributed by atoms with Gasteiger partial charge in [-0.3, -0.25) is 14.7 Å². The molecule has 1 heterocycles. The molecule has 30 heavy (non-hydrogen) atoms. The van der Waals surface area contributed by atoms with E-state index in [0.29, 0.717) is 6.42 Å². The summed E-state index contributed by atoms with van der Waals surface area (Å²) in [4.78, 5) is 24.4. The molecule has 1 amide bonds. The Morgan fingerprint density at radius 1 is 1.10 bits per heavy atom. The number of H-pyrrole nitrogens is 1. The highest BCUT2D eigenvalue weighted by atomic mass is 16.5. The van der Waals surface area contributed by atoms with Crippen LogP contribution in [0.1, 0.15) is 29.4 Å². The van der Waals surface area contributed by atoms with E-state index in [1.54, 1.807) is 6.92 Å². The largest absolute Gasteiger partial charge is 0.465 e. The Morgan fingerprint density at radius 3 is 2.43 bits per heavy atom. The summed E-state index contributed by atoms with van der Waals surface area (Å²) < 4.78 is 4.99. The summed E-state index contributed by atoms with van der Waals surface area (Å²) in [6.45, 7) is 1.98. The number of nitrogens with zero attached hydrogens (tertiary/aromatic N) is 2. The van der Waals surface area contributed by atoms with Crippen LogP contribution in [-0.2, 0) is 16.0 Å². The molecule has 0 saturated carbocycles. The minimum Gasteiger partial charge on any atom is -0.465 e. The molecule has 2 aromatic carbocycles. The van der Waals surface area contributed by atoms with Crippen molar-refractivity contribution < 1.29 is 14.3 Å². The van der Waals surface area contributed by atoms with Gasteiger partial charge in [-0.1, -0.05) is 59.8 Å². The average Bonchev–Trinajstić information content (AvgIpc) is 3.30. The smallest absolute Gasteiger partial charge is 0.322 e. The number of carbonyl (C=O) groups is 2. The third kappa shape index (κ3) is 5.74. The molecule has 0 radical (unpaired) electrons. The van der Waals surface area contributed by atoms with Gasteiger partial charge >= 0.3 is 5.97 Å². The summed E-state index contributed by atoms with van der Waals surface area (Å²) in [5.74, 6) is -0.872. The van der Waals surface area contributed by atoms with Gasteiger partial charge in [0.1, 0.15) is 6.04 Å². The maximum Gasteiger partial charge on any atom is 0.322 e. The van der Waals surface area contributed by atoms with Gasteiger partial charge in [0.2, 0.25) is 0 Å². The number of benzene rings is 2.